The number of carboxylic acids is 1. The smallest absolute Gasteiger partial charge is 0.325 e. The largest absolute Gasteiger partial charge is 0.480 e. The predicted octanol–water partition coefficient (Wildman–Crippen LogP) is 1.72. The van der Waals surface area contributed by atoms with Crippen LogP contribution in [0.15, 0.2) is 22.7 Å². The summed E-state index contributed by atoms with van der Waals surface area (Å²) in [6.07, 6.45) is 0.887. The third-order valence-corrected chi connectivity index (χ3v) is 3.11. The Bertz CT molecular complexity index is 378. The van der Waals surface area contributed by atoms with Gasteiger partial charge in [-0.25, -0.2) is 0 Å². The molecule has 1 unspecified atom stereocenters. The summed E-state index contributed by atoms with van der Waals surface area (Å²) in [5.74, 6) is -0.821. The molecule has 1 aliphatic rings. The Kier molecular flexibility index (Phi) is 2.56. The van der Waals surface area contributed by atoms with Crippen molar-refractivity contribution in [1.82, 2.24) is 5.32 Å². The van der Waals surface area contributed by atoms with Crippen LogP contribution in [-0.2, 0) is 11.2 Å². The van der Waals surface area contributed by atoms with Crippen molar-refractivity contribution in [3.8, 4) is 0 Å². The summed E-state index contributed by atoms with van der Waals surface area (Å²) < 4.78 is 0.870. The Morgan fingerprint density at radius 2 is 2.36 bits per heavy atom. The van der Waals surface area contributed by atoms with Crippen LogP contribution in [-0.4, -0.2) is 17.6 Å². The molecule has 74 valence electrons. The zero-order valence-electron chi connectivity index (χ0n) is 7.46. The molecule has 0 spiro atoms. The fourth-order valence-corrected chi connectivity index (χ4v) is 2.42. The van der Waals surface area contributed by atoms with Crippen LogP contribution in [0.1, 0.15) is 17.2 Å². The number of rotatable bonds is 1. The van der Waals surface area contributed by atoms with Crippen molar-refractivity contribution >= 4 is 21.9 Å². The van der Waals surface area contributed by atoms with Crippen LogP contribution >= 0.6 is 15.9 Å². The van der Waals surface area contributed by atoms with E-state index < -0.39 is 12.0 Å². The van der Waals surface area contributed by atoms with Gasteiger partial charge in [0.2, 0.25) is 0 Å². The van der Waals surface area contributed by atoms with Gasteiger partial charge in [-0.1, -0.05) is 28.1 Å². The van der Waals surface area contributed by atoms with Crippen LogP contribution in [0.4, 0.5) is 0 Å². The minimum absolute atomic E-state index is 0.575. The van der Waals surface area contributed by atoms with Crippen LogP contribution in [0.25, 0.3) is 0 Å². The minimum Gasteiger partial charge on any atom is -0.480 e. The summed E-state index contributed by atoms with van der Waals surface area (Å²) in [6, 6.07) is 5.22. The van der Waals surface area contributed by atoms with Crippen molar-refractivity contribution in [2.24, 2.45) is 0 Å². The lowest BCUT2D eigenvalue weighted by Gasteiger charge is -2.24. The number of nitrogens with one attached hydrogen (secondary N) is 1. The van der Waals surface area contributed by atoms with Gasteiger partial charge in [-0.3, -0.25) is 4.79 Å². The number of hydrogen-bond donors (Lipinski definition) is 2. The van der Waals surface area contributed by atoms with Crippen LogP contribution < -0.4 is 5.32 Å². The zero-order chi connectivity index (χ0) is 10.1. The van der Waals surface area contributed by atoms with Gasteiger partial charge in [0.25, 0.3) is 0 Å². The van der Waals surface area contributed by atoms with Gasteiger partial charge in [-0.2, -0.15) is 0 Å². The molecule has 1 aliphatic heterocycles. The van der Waals surface area contributed by atoms with E-state index in [0.717, 1.165) is 28.6 Å². The second kappa shape index (κ2) is 3.71. The standard InChI is InChI=1S/C10H10BrNO2/c11-7-3-1-2-6-4-5-12-9(8(6)7)10(13)14/h1-3,9,12H,4-5H2,(H,13,14). The molecule has 0 radical (unpaired) electrons. The van der Waals surface area contributed by atoms with Gasteiger partial charge >= 0.3 is 5.97 Å². The maximum atomic E-state index is 11.0. The summed E-state index contributed by atoms with van der Waals surface area (Å²) >= 11 is 3.39. The summed E-state index contributed by atoms with van der Waals surface area (Å²) in [7, 11) is 0. The Balaban J connectivity index is 2.52. The van der Waals surface area contributed by atoms with Crippen molar-refractivity contribution < 1.29 is 9.90 Å². The molecule has 4 heteroatoms. The number of fused-ring (bicyclic) bond motifs is 1. The number of carboxylic acid groups (broad SMARTS) is 1. The maximum Gasteiger partial charge on any atom is 0.325 e. The molecule has 0 bridgehead atoms. The first-order valence-corrected chi connectivity index (χ1v) is 5.23. The molecule has 1 aromatic carbocycles. The van der Waals surface area contributed by atoms with Crippen molar-refractivity contribution in [2.75, 3.05) is 6.54 Å². The maximum absolute atomic E-state index is 11.0. The summed E-state index contributed by atoms with van der Waals surface area (Å²) in [4.78, 5) is 11.0. The SMILES string of the molecule is O=C(O)C1NCCc2cccc(Br)c21. The van der Waals surface area contributed by atoms with Crippen LogP contribution in [0.5, 0.6) is 0 Å². The highest BCUT2D eigenvalue weighted by atomic mass is 79.9. The van der Waals surface area contributed by atoms with E-state index >= 15 is 0 Å². The van der Waals surface area contributed by atoms with Gasteiger partial charge in [0.1, 0.15) is 6.04 Å². The van der Waals surface area contributed by atoms with Crippen LogP contribution in [0, 0.1) is 0 Å². The van der Waals surface area contributed by atoms with E-state index in [1.165, 1.54) is 0 Å². The molecular weight excluding hydrogens is 246 g/mol. The Morgan fingerprint density at radius 1 is 1.57 bits per heavy atom. The quantitative estimate of drug-likeness (QED) is 0.804. The van der Waals surface area contributed by atoms with Crippen molar-refractivity contribution in [3.05, 3.63) is 33.8 Å². The highest BCUT2D eigenvalue weighted by Crippen LogP contribution is 2.30. The van der Waals surface area contributed by atoms with Crippen molar-refractivity contribution in [1.29, 1.82) is 0 Å². The second-order valence-corrected chi connectivity index (χ2v) is 4.14. The fraction of sp³-hybridized carbons (Fsp3) is 0.300. The van der Waals surface area contributed by atoms with E-state index in [-0.39, 0.29) is 0 Å². The molecule has 1 heterocycles. The third-order valence-electron chi connectivity index (χ3n) is 2.42. The van der Waals surface area contributed by atoms with Crippen molar-refractivity contribution in [2.45, 2.75) is 12.5 Å². The van der Waals surface area contributed by atoms with Gasteiger partial charge in [-0.05, 0) is 23.6 Å². The molecular formula is C10H10BrNO2. The Hall–Kier alpha value is -0.870. The van der Waals surface area contributed by atoms with E-state index in [9.17, 15) is 4.79 Å². The van der Waals surface area contributed by atoms with E-state index in [1.807, 2.05) is 18.2 Å². The molecule has 0 aromatic heterocycles. The topological polar surface area (TPSA) is 49.3 Å². The van der Waals surface area contributed by atoms with Crippen molar-refractivity contribution in [3.63, 3.8) is 0 Å². The number of aliphatic carboxylic acids is 1. The lowest BCUT2D eigenvalue weighted by atomic mass is 9.94. The molecule has 2 rings (SSSR count). The molecule has 3 nitrogen and oxygen atoms in total. The minimum atomic E-state index is -0.821. The lowest BCUT2D eigenvalue weighted by Crippen LogP contribution is -2.35. The summed E-state index contributed by atoms with van der Waals surface area (Å²) in [6.45, 7) is 0.723. The molecule has 1 atom stereocenters. The average Bonchev–Trinajstić information content (AvgIpc) is 2.17. The van der Waals surface area contributed by atoms with Crippen LogP contribution in [0.2, 0.25) is 0 Å². The number of benzene rings is 1. The normalized spacial score (nSPS) is 20.2. The molecule has 1 aromatic rings. The second-order valence-electron chi connectivity index (χ2n) is 3.29. The molecule has 0 aliphatic carbocycles. The highest BCUT2D eigenvalue weighted by Gasteiger charge is 2.27. The molecule has 0 saturated carbocycles. The number of hydrogen-bond acceptors (Lipinski definition) is 2. The van der Waals surface area contributed by atoms with Gasteiger partial charge in [0.15, 0.2) is 0 Å². The monoisotopic (exact) mass is 255 g/mol. The first-order valence-electron chi connectivity index (χ1n) is 4.43. The van der Waals surface area contributed by atoms with Gasteiger partial charge in [0, 0.05) is 11.0 Å². The summed E-state index contributed by atoms with van der Waals surface area (Å²) in [5, 5.41) is 12.0. The predicted molar refractivity (Wildman–Crippen MR) is 56.2 cm³/mol. The van der Waals surface area contributed by atoms with Crippen LogP contribution in [0.3, 0.4) is 0 Å². The molecule has 2 N–H and O–H groups in total. The summed E-state index contributed by atoms with van der Waals surface area (Å²) in [5.41, 5.74) is 1.98. The number of halogens is 1. The number of carbonyl (C=O) groups is 1. The van der Waals surface area contributed by atoms with E-state index in [0.29, 0.717) is 0 Å². The highest BCUT2D eigenvalue weighted by molar-refractivity contribution is 9.10. The van der Waals surface area contributed by atoms with Gasteiger partial charge < -0.3 is 10.4 Å². The van der Waals surface area contributed by atoms with E-state index in [1.54, 1.807) is 0 Å². The molecule has 0 amide bonds. The van der Waals surface area contributed by atoms with E-state index in [4.69, 9.17) is 5.11 Å². The lowest BCUT2D eigenvalue weighted by molar-refractivity contribution is -0.139. The Labute approximate surface area is 90.3 Å². The van der Waals surface area contributed by atoms with Gasteiger partial charge in [-0.15, -0.1) is 0 Å². The fourth-order valence-electron chi connectivity index (χ4n) is 1.79. The zero-order valence-corrected chi connectivity index (χ0v) is 9.04. The Morgan fingerprint density at radius 3 is 3.07 bits per heavy atom. The third kappa shape index (κ3) is 1.55. The molecule has 0 fully saturated rings. The van der Waals surface area contributed by atoms with Gasteiger partial charge in [0.05, 0.1) is 0 Å². The average molecular weight is 256 g/mol. The van der Waals surface area contributed by atoms with E-state index in [2.05, 4.69) is 21.2 Å². The first-order chi connectivity index (χ1) is 6.70. The first kappa shape index (κ1) is 9.68. The molecule has 14 heavy (non-hydrogen) atoms. The molecule has 0 saturated heterocycles.